The zero-order valence-electron chi connectivity index (χ0n) is 12.9. The molecular formula is C17H18ClNO3S. The van der Waals surface area contributed by atoms with Gasteiger partial charge in [-0.15, -0.1) is 11.3 Å². The van der Waals surface area contributed by atoms with Gasteiger partial charge in [0, 0.05) is 11.4 Å². The number of thiophene rings is 1. The quantitative estimate of drug-likeness (QED) is 0.855. The van der Waals surface area contributed by atoms with Gasteiger partial charge in [0.2, 0.25) is 5.91 Å². The standard InChI is InChI=1S/C17H18ClNO3S/c1-11(14-8-9-15(18)23-14)16(20)19(12(2)17(21)22)10-13-6-4-3-5-7-13/h3-9,11-12H,10H2,1-2H3,(H,21,22). The zero-order chi connectivity index (χ0) is 17.0. The maximum atomic E-state index is 12.8. The van der Waals surface area contributed by atoms with Crippen molar-refractivity contribution >= 4 is 34.8 Å². The number of aliphatic carboxylic acids is 1. The Hall–Kier alpha value is -1.85. The number of hydrogen-bond acceptors (Lipinski definition) is 3. The maximum Gasteiger partial charge on any atom is 0.326 e. The number of amides is 1. The van der Waals surface area contributed by atoms with E-state index in [9.17, 15) is 14.7 Å². The zero-order valence-corrected chi connectivity index (χ0v) is 14.5. The predicted molar refractivity (Wildman–Crippen MR) is 91.8 cm³/mol. The van der Waals surface area contributed by atoms with Crippen molar-refractivity contribution in [3.8, 4) is 0 Å². The van der Waals surface area contributed by atoms with Crippen LogP contribution in [0.4, 0.5) is 0 Å². The predicted octanol–water partition coefficient (Wildman–Crippen LogP) is 4.01. The number of carboxylic acid groups (broad SMARTS) is 1. The first-order valence-electron chi connectivity index (χ1n) is 7.22. The molecule has 0 aliphatic rings. The second-order valence-corrected chi connectivity index (χ2v) is 7.08. The van der Waals surface area contributed by atoms with Crippen LogP contribution in [0.25, 0.3) is 0 Å². The van der Waals surface area contributed by atoms with Gasteiger partial charge in [-0.3, -0.25) is 4.79 Å². The Morgan fingerprint density at radius 2 is 1.83 bits per heavy atom. The van der Waals surface area contributed by atoms with E-state index in [1.54, 1.807) is 13.0 Å². The highest BCUT2D eigenvalue weighted by molar-refractivity contribution is 7.16. The molecule has 23 heavy (non-hydrogen) atoms. The molecule has 1 aromatic heterocycles. The van der Waals surface area contributed by atoms with E-state index in [0.29, 0.717) is 4.34 Å². The Morgan fingerprint density at radius 1 is 1.17 bits per heavy atom. The number of halogens is 1. The Balaban J connectivity index is 2.25. The summed E-state index contributed by atoms with van der Waals surface area (Å²) in [5, 5.41) is 9.32. The Labute approximate surface area is 144 Å². The van der Waals surface area contributed by atoms with Gasteiger partial charge in [-0.05, 0) is 31.5 Å². The van der Waals surface area contributed by atoms with Gasteiger partial charge in [-0.2, -0.15) is 0 Å². The molecule has 2 unspecified atom stereocenters. The van der Waals surface area contributed by atoms with Crippen molar-refractivity contribution in [2.75, 3.05) is 0 Å². The lowest BCUT2D eigenvalue weighted by molar-refractivity contribution is -0.150. The minimum absolute atomic E-state index is 0.220. The summed E-state index contributed by atoms with van der Waals surface area (Å²) in [5.74, 6) is -1.68. The summed E-state index contributed by atoms with van der Waals surface area (Å²) < 4.78 is 0.612. The second-order valence-electron chi connectivity index (χ2n) is 5.33. The minimum atomic E-state index is -1.02. The Bertz CT molecular complexity index is 686. The minimum Gasteiger partial charge on any atom is -0.480 e. The third-order valence-electron chi connectivity index (χ3n) is 3.69. The number of carbonyl (C=O) groups excluding carboxylic acids is 1. The van der Waals surface area contributed by atoms with Crippen LogP contribution in [0, 0.1) is 0 Å². The van der Waals surface area contributed by atoms with Crippen LogP contribution >= 0.6 is 22.9 Å². The van der Waals surface area contributed by atoms with Gasteiger partial charge >= 0.3 is 5.97 Å². The molecule has 122 valence electrons. The number of nitrogens with zero attached hydrogens (tertiary/aromatic N) is 1. The molecule has 2 atom stereocenters. The molecule has 0 spiro atoms. The summed E-state index contributed by atoms with van der Waals surface area (Å²) in [6.45, 7) is 3.56. The van der Waals surface area contributed by atoms with E-state index in [4.69, 9.17) is 11.6 Å². The van der Waals surface area contributed by atoms with Crippen molar-refractivity contribution in [2.24, 2.45) is 0 Å². The lowest BCUT2D eigenvalue weighted by Gasteiger charge is -2.29. The van der Waals surface area contributed by atoms with Crippen LogP contribution < -0.4 is 0 Å². The fourth-order valence-corrected chi connectivity index (χ4v) is 3.36. The summed E-state index contributed by atoms with van der Waals surface area (Å²) >= 11 is 7.27. The van der Waals surface area contributed by atoms with Gasteiger partial charge < -0.3 is 10.0 Å². The van der Waals surface area contributed by atoms with E-state index in [1.807, 2.05) is 36.4 Å². The molecule has 0 aliphatic heterocycles. The van der Waals surface area contributed by atoms with Gasteiger partial charge in [0.15, 0.2) is 0 Å². The first-order chi connectivity index (χ1) is 10.9. The van der Waals surface area contributed by atoms with Crippen molar-refractivity contribution in [1.29, 1.82) is 0 Å². The fourth-order valence-electron chi connectivity index (χ4n) is 2.25. The second kappa shape index (κ2) is 7.62. The van der Waals surface area contributed by atoms with Crippen molar-refractivity contribution in [3.05, 3.63) is 57.2 Å². The van der Waals surface area contributed by atoms with Crippen molar-refractivity contribution in [1.82, 2.24) is 4.90 Å². The number of carbonyl (C=O) groups is 2. The summed E-state index contributed by atoms with van der Waals surface area (Å²) in [7, 11) is 0. The largest absolute Gasteiger partial charge is 0.480 e. The summed E-state index contributed by atoms with van der Waals surface area (Å²) in [4.78, 5) is 26.4. The molecule has 0 fully saturated rings. The van der Waals surface area contributed by atoms with E-state index < -0.39 is 17.9 Å². The van der Waals surface area contributed by atoms with E-state index in [-0.39, 0.29) is 12.5 Å². The van der Waals surface area contributed by atoms with Gasteiger partial charge in [0.05, 0.1) is 10.3 Å². The Kier molecular flexibility index (Phi) is 5.80. The molecule has 0 saturated heterocycles. The number of rotatable bonds is 6. The molecule has 2 rings (SSSR count). The number of benzene rings is 1. The third kappa shape index (κ3) is 4.33. The average Bonchev–Trinajstić information content (AvgIpc) is 2.98. The lowest BCUT2D eigenvalue weighted by Crippen LogP contribution is -2.44. The van der Waals surface area contributed by atoms with Crippen LogP contribution in [0.3, 0.4) is 0 Å². The smallest absolute Gasteiger partial charge is 0.326 e. The van der Waals surface area contributed by atoms with Crippen LogP contribution in [0.2, 0.25) is 4.34 Å². The molecular weight excluding hydrogens is 334 g/mol. The van der Waals surface area contributed by atoms with Gasteiger partial charge in [-0.1, -0.05) is 41.9 Å². The van der Waals surface area contributed by atoms with Crippen LogP contribution in [0.15, 0.2) is 42.5 Å². The van der Waals surface area contributed by atoms with Crippen LogP contribution in [-0.2, 0) is 16.1 Å². The lowest BCUT2D eigenvalue weighted by atomic mass is 10.1. The molecule has 1 heterocycles. The summed E-state index contributed by atoms with van der Waals surface area (Å²) in [5.41, 5.74) is 0.894. The first-order valence-corrected chi connectivity index (χ1v) is 8.42. The molecule has 2 aromatic rings. The maximum absolute atomic E-state index is 12.8. The van der Waals surface area contributed by atoms with Gasteiger partial charge in [-0.25, -0.2) is 4.79 Å². The van der Waals surface area contributed by atoms with Crippen molar-refractivity contribution in [2.45, 2.75) is 32.4 Å². The van der Waals surface area contributed by atoms with E-state index in [1.165, 1.54) is 23.2 Å². The monoisotopic (exact) mass is 351 g/mol. The third-order valence-corrected chi connectivity index (χ3v) is 5.11. The number of carboxylic acids is 1. The van der Waals surface area contributed by atoms with E-state index in [0.717, 1.165) is 10.4 Å². The molecule has 0 aliphatic carbocycles. The molecule has 0 bridgehead atoms. The highest BCUT2D eigenvalue weighted by Gasteiger charge is 2.30. The average molecular weight is 352 g/mol. The Morgan fingerprint density at radius 3 is 2.35 bits per heavy atom. The molecule has 1 N–H and O–H groups in total. The van der Waals surface area contributed by atoms with Crippen LogP contribution in [-0.4, -0.2) is 27.9 Å². The van der Waals surface area contributed by atoms with Gasteiger partial charge in [0.1, 0.15) is 6.04 Å². The normalized spacial score (nSPS) is 13.3. The topological polar surface area (TPSA) is 57.6 Å². The SMILES string of the molecule is CC(C(=O)N(Cc1ccccc1)C(C)C(=O)O)c1ccc(Cl)s1. The highest BCUT2D eigenvalue weighted by Crippen LogP contribution is 2.30. The summed E-state index contributed by atoms with van der Waals surface area (Å²) in [6.07, 6.45) is 0. The van der Waals surface area contributed by atoms with E-state index in [2.05, 4.69) is 0 Å². The van der Waals surface area contributed by atoms with Crippen LogP contribution in [0.1, 0.15) is 30.2 Å². The van der Waals surface area contributed by atoms with Gasteiger partial charge in [0.25, 0.3) is 0 Å². The number of hydrogen-bond donors (Lipinski definition) is 1. The van der Waals surface area contributed by atoms with Crippen molar-refractivity contribution < 1.29 is 14.7 Å². The summed E-state index contributed by atoms with van der Waals surface area (Å²) in [6, 6.07) is 12.0. The van der Waals surface area contributed by atoms with E-state index >= 15 is 0 Å². The molecule has 0 saturated carbocycles. The molecule has 1 amide bonds. The first kappa shape index (κ1) is 17.5. The molecule has 6 heteroatoms. The molecule has 0 radical (unpaired) electrons. The molecule has 1 aromatic carbocycles. The van der Waals surface area contributed by atoms with Crippen molar-refractivity contribution in [3.63, 3.8) is 0 Å². The molecule has 4 nitrogen and oxygen atoms in total. The van der Waals surface area contributed by atoms with Crippen LogP contribution in [0.5, 0.6) is 0 Å². The fraction of sp³-hybridized carbons (Fsp3) is 0.294. The highest BCUT2D eigenvalue weighted by atomic mass is 35.5.